The molecular formula is C15H26N4O. The molecule has 2 atom stereocenters. The van der Waals surface area contributed by atoms with Gasteiger partial charge >= 0.3 is 0 Å². The zero-order valence-electron chi connectivity index (χ0n) is 12.9. The van der Waals surface area contributed by atoms with Crippen molar-refractivity contribution in [1.29, 1.82) is 0 Å². The smallest absolute Gasteiger partial charge is 0.137 e. The molecule has 1 saturated heterocycles. The van der Waals surface area contributed by atoms with Crippen LogP contribution < -0.4 is 10.2 Å². The van der Waals surface area contributed by atoms with E-state index in [1.807, 2.05) is 0 Å². The van der Waals surface area contributed by atoms with Crippen LogP contribution in [0, 0.1) is 5.92 Å². The molecule has 0 radical (unpaired) electrons. The molecule has 1 aromatic rings. The summed E-state index contributed by atoms with van der Waals surface area (Å²) in [5.74, 6) is 2.74. The highest BCUT2D eigenvalue weighted by molar-refractivity contribution is 5.61. The van der Waals surface area contributed by atoms with Gasteiger partial charge in [-0.2, -0.15) is 0 Å². The largest absolute Gasteiger partial charge is 0.394 e. The number of nitrogens with zero attached hydrogens (tertiary/aromatic N) is 3. The minimum atomic E-state index is 0.164. The fourth-order valence-corrected chi connectivity index (χ4v) is 3.00. The number of rotatable bonds is 5. The molecule has 0 amide bonds. The van der Waals surface area contributed by atoms with Gasteiger partial charge in [-0.3, -0.25) is 0 Å². The first-order valence-electron chi connectivity index (χ1n) is 7.56. The zero-order chi connectivity index (χ0) is 14.7. The van der Waals surface area contributed by atoms with Crippen LogP contribution in [0.4, 0.5) is 11.6 Å². The third kappa shape index (κ3) is 2.73. The van der Waals surface area contributed by atoms with Crippen molar-refractivity contribution in [3.05, 3.63) is 11.9 Å². The van der Waals surface area contributed by atoms with Crippen molar-refractivity contribution in [1.82, 2.24) is 9.97 Å². The van der Waals surface area contributed by atoms with E-state index in [0.717, 1.165) is 36.7 Å². The van der Waals surface area contributed by atoms with E-state index in [-0.39, 0.29) is 12.6 Å². The Morgan fingerprint density at radius 1 is 1.45 bits per heavy atom. The van der Waals surface area contributed by atoms with Gasteiger partial charge < -0.3 is 15.3 Å². The third-order valence-electron chi connectivity index (χ3n) is 4.13. The van der Waals surface area contributed by atoms with Gasteiger partial charge in [-0.15, -0.1) is 0 Å². The summed E-state index contributed by atoms with van der Waals surface area (Å²) in [6.07, 6.45) is 2.72. The van der Waals surface area contributed by atoms with Crippen molar-refractivity contribution in [3.63, 3.8) is 0 Å². The maximum Gasteiger partial charge on any atom is 0.137 e. The third-order valence-corrected chi connectivity index (χ3v) is 4.13. The zero-order valence-corrected chi connectivity index (χ0v) is 12.9. The second-order valence-electron chi connectivity index (χ2n) is 5.85. The van der Waals surface area contributed by atoms with E-state index in [1.165, 1.54) is 0 Å². The van der Waals surface area contributed by atoms with Gasteiger partial charge in [0.15, 0.2) is 0 Å². The SMILES string of the molecule is CCNc1ncnc(N2CCC(C)C2CO)c1C(C)C. The molecule has 0 aromatic carbocycles. The maximum atomic E-state index is 9.67. The minimum absolute atomic E-state index is 0.164. The van der Waals surface area contributed by atoms with E-state index < -0.39 is 0 Å². The van der Waals surface area contributed by atoms with Crippen molar-refractivity contribution in [2.45, 2.75) is 46.1 Å². The summed E-state index contributed by atoms with van der Waals surface area (Å²) in [6, 6.07) is 0.164. The van der Waals surface area contributed by atoms with Crippen LogP contribution in [0.3, 0.4) is 0 Å². The minimum Gasteiger partial charge on any atom is -0.394 e. The molecule has 1 fully saturated rings. The molecule has 112 valence electrons. The highest BCUT2D eigenvalue weighted by Gasteiger charge is 2.33. The lowest BCUT2D eigenvalue weighted by Crippen LogP contribution is -2.36. The Labute approximate surface area is 121 Å². The Hall–Kier alpha value is -1.36. The molecule has 1 aliphatic heterocycles. The molecule has 0 saturated carbocycles. The molecule has 0 spiro atoms. The monoisotopic (exact) mass is 278 g/mol. The number of aromatic nitrogens is 2. The van der Waals surface area contributed by atoms with Crippen LogP contribution in [0.5, 0.6) is 0 Å². The average molecular weight is 278 g/mol. The average Bonchev–Trinajstić information content (AvgIpc) is 2.79. The van der Waals surface area contributed by atoms with Crippen molar-refractivity contribution in [2.24, 2.45) is 5.92 Å². The number of hydrogen-bond acceptors (Lipinski definition) is 5. The predicted octanol–water partition coefficient (Wildman–Crippen LogP) is 2.24. The first kappa shape index (κ1) is 15.0. The number of aliphatic hydroxyl groups is 1. The number of hydrogen-bond donors (Lipinski definition) is 2. The predicted molar refractivity (Wildman–Crippen MR) is 82.3 cm³/mol. The van der Waals surface area contributed by atoms with Gasteiger partial charge in [-0.05, 0) is 25.2 Å². The molecule has 2 rings (SSSR count). The molecule has 1 aliphatic rings. The van der Waals surface area contributed by atoms with Crippen LogP contribution >= 0.6 is 0 Å². The highest BCUT2D eigenvalue weighted by atomic mass is 16.3. The van der Waals surface area contributed by atoms with Gasteiger partial charge in [0, 0.05) is 18.7 Å². The molecule has 2 unspecified atom stereocenters. The summed E-state index contributed by atoms with van der Waals surface area (Å²) in [4.78, 5) is 11.2. The van der Waals surface area contributed by atoms with Crippen molar-refractivity contribution in [2.75, 3.05) is 29.9 Å². The second kappa shape index (κ2) is 6.39. The van der Waals surface area contributed by atoms with Gasteiger partial charge in [0.25, 0.3) is 0 Å². The fourth-order valence-electron chi connectivity index (χ4n) is 3.00. The maximum absolute atomic E-state index is 9.67. The summed E-state index contributed by atoms with van der Waals surface area (Å²) < 4.78 is 0. The van der Waals surface area contributed by atoms with Gasteiger partial charge in [-0.1, -0.05) is 20.8 Å². The highest BCUT2D eigenvalue weighted by Crippen LogP contribution is 2.36. The summed E-state index contributed by atoms with van der Waals surface area (Å²) in [5.41, 5.74) is 1.15. The number of nitrogens with one attached hydrogen (secondary N) is 1. The van der Waals surface area contributed by atoms with Crippen LogP contribution in [-0.4, -0.2) is 40.8 Å². The Morgan fingerprint density at radius 3 is 2.80 bits per heavy atom. The van der Waals surface area contributed by atoms with E-state index in [0.29, 0.717) is 11.8 Å². The first-order valence-corrected chi connectivity index (χ1v) is 7.56. The van der Waals surface area contributed by atoms with Crippen LogP contribution in [0.25, 0.3) is 0 Å². The summed E-state index contributed by atoms with van der Waals surface area (Å²) in [5, 5.41) is 13.0. The van der Waals surface area contributed by atoms with Gasteiger partial charge in [0.2, 0.25) is 0 Å². The Kier molecular flexibility index (Phi) is 4.81. The van der Waals surface area contributed by atoms with E-state index in [1.54, 1.807) is 6.33 Å². The van der Waals surface area contributed by atoms with Gasteiger partial charge in [0.1, 0.15) is 18.0 Å². The van der Waals surface area contributed by atoms with Crippen LogP contribution in [0.15, 0.2) is 6.33 Å². The summed E-state index contributed by atoms with van der Waals surface area (Å²) >= 11 is 0. The molecule has 2 N–H and O–H groups in total. The number of anilines is 2. The molecule has 2 heterocycles. The standard InChI is InChI=1S/C15H26N4O/c1-5-16-14-13(10(2)3)15(18-9-17-14)19-7-6-11(4)12(19)8-20/h9-12,20H,5-8H2,1-4H3,(H,16,17,18). The van der Waals surface area contributed by atoms with Crippen molar-refractivity contribution >= 4 is 11.6 Å². The van der Waals surface area contributed by atoms with E-state index in [9.17, 15) is 5.11 Å². The van der Waals surface area contributed by atoms with E-state index >= 15 is 0 Å². The topological polar surface area (TPSA) is 61.3 Å². The Morgan fingerprint density at radius 2 is 2.20 bits per heavy atom. The van der Waals surface area contributed by atoms with Crippen LogP contribution in [0.1, 0.15) is 45.6 Å². The Balaban J connectivity index is 2.43. The normalized spacial score (nSPS) is 22.6. The van der Waals surface area contributed by atoms with Crippen LogP contribution in [0.2, 0.25) is 0 Å². The molecule has 0 bridgehead atoms. The quantitative estimate of drug-likeness (QED) is 0.865. The fraction of sp³-hybridized carbons (Fsp3) is 0.733. The molecule has 0 aliphatic carbocycles. The first-order chi connectivity index (χ1) is 9.60. The molecular weight excluding hydrogens is 252 g/mol. The second-order valence-corrected chi connectivity index (χ2v) is 5.85. The van der Waals surface area contributed by atoms with Crippen LogP contribution in [-0.2, 0) is 0 Å². The molecule has 5 nitrogen and oxygen atoms in total. The van der Waals surface area contributed by atoms with Crippen molar-refractivity contribution < 1.29 is 5.11 Å². The lowest BCUT2D eigenvalue weighted by Gasteiger charge is -2.29. The van der Waals surface area contributed by atoms with Gasteiger partial charge in [0.05, 0.1) is 12.6 Å². The molecule has 1 aromatic heterocycles. The van der Waals surface area contributed by atoms with E-state index in [2.05, 4.69) is 47.9 Å². The summed E-state index contributed by atoms with van der Waals surface area (Å²) in [6.45, 7) is 10.6. The van der Waals surface area contributed by atoms with Gasteiger partial charge in [-0.25, -0.2) is 9.97 Å². The molecule has 5 heteroatoms. The van der Waals surface area contributed by atoms with Crippen molar-refractivity contribution in [3.8, 4) is 0 Å². The molecule has 20 heavy (non-hydrogen) atoms. The van der Waals surface area contributed by atoms with E-state index in [4.69, 9.17) is 0 Å². The number of aliphatic hydroxyl groups excluding tert-OH is 1. The Bertz CT molecular complexity index is 449. The lowest BCUT2D eigenvalue weighted by atomic mass is 10.0. The lowest BCUT2D eigenvalue weighted by molar-refractivity contribution is 0.244. The summed E-state index contributed by atoms with van der Waals surface area (Å²) in [7, 11) is 0.